The molecule has 62 valence electrons. The molecule has 0 saturated carbocycles. The second-order valence-electron chi connectivity index (χ2n) is 2.87. The van der Waals surface area contributed by atoms with Crippen LogP contribution < -0.4 is 10.6 Å². The minimum Gasteiger partial charge on any atom is -0.380 e. The first-order valence-corrected chi connectivity index (χ1v) is 4.02. The highest BCUT2D eigenvalue weighted by atomic mass is 16.5. The predicted molar refractivity (Wildman–Crippen MR) is 47.4 cm³/mol. The SMILES string of the molecule is COCC1=c2ccccc2=NC1. The summed E-state index contributed by atoms with van der Waals surface area (Å²) < 4.78 is 5.09. The third-order valence-corrected chi connectivity index (χ3v) is 2.04. The van der Waals surface area contributed by atoms with Gasteiger partial charge in [-0.15, -0.1) is 0 Å². The quantitative estimate of drug-likeness (QED) is 0.603. The summed E-state index contributed by atoms with van der Waals surface area (Å²) >= 11 is 0. The summed E-state index contributed by atoms with van der Waals surface area (Å²) in [6.45, 7) is 1.49. The second kappa shape index (κ2) is 3.07. The summed E-state index contributed by atoms with van der Waals surface area (Å²) in [5, 5.41) is 2.35. The van der Waals surface area contributed by atoms with E-state index in [1.807, 2.05) is 18.2 Å². The van der Waals surface area contributed by atoms with Crippen molar-refractivity contribution in [3.63, 3.8) is 0 Å². The number of para-hydroxylation sites is 1. The molecule has 2 heteroatoms. The van der Waals surface area contributed by atoms with Crippen LogP contribution in [0.2, 0.25) is 0 Å². The fourth-order valence-corrected chi connectivity index (χ4v) is 1.47. The van der Waals surface area contributed by atoms with Gasteiger partial charge in [0.2, 0.25) is 0 Å². The highest BCUT2D eigenvalue weighted by Crippen LogP contribution is 1.96. The van der Waals surface area contributed by atoms with Crippen molar-refractivity contribution < 1.29 is 4.74 Å². The number of rotatable bonds is 2. The third kappa shape index (κ3) is 1.14. The molecule has 1 heterocycles. The zero-order chi connectivity index (χ0) is 8.39. The Morgan fingerprint density at radius 3 is 3.08 bits per heavy atom. The molecule has 0 atom stereocenters. The van der Waals surface area contributed by atoms with E-state index in [0.29, 0.717) is 6.61 Å². The van der Waals surface area contributed by atoms with Crippen LogP contribution in [0, 0.1) is 0 Å². The highest BCUT2D eigenvalue weighted by Gasteiger charge is 2.03. The highest BCUT2D eigenvalue weighted by molar-refractivity contribution is 5.49. The lowest BCUT2D eigenvalue weighted by molar-refractivity contribution is 0.238. The van der Waals surface area contributed by atoms with Crippen molar-refractivity contribution in [3.8, 4) is 0 Å². The van der Waals surface area contributed by atoms with Gasteiger partial charge in [0.1, 0.15) is 0 Å². The lowest BCUT2D eigenvalue weighted by atomic mass is 10.2. The molecule has 0 amide bonds. The minimum absolute atomic E-state index is 0.695. The maximum Gasteiger partial charge on any atom is 0.0700 e. The van der Waals surface area contributed by atoms with Gasteiger partial charge in [0.25, 0.3) is 0 Å². The van der Waals surface area contributed by atoms with Crippen LogP contribution >= 0.6 is 0 Å². The Labute approximate surface area is 71.2 Å². The standard InChI is InChI=1S/C10H11NO/c1-12-7-8-6-11-10-5-3-2-4-9(8)10/h2-5H,6-7H2,1H3. The van der Waals surface area contributed by atoms with Crippen LogP contribution in [0.1, 0.15) is 0 Å². The van der Waals surface area contributed by atoms with E-state index in [0.717, 1.165) is 11.9 Å². The lowest BCUT2D eigenvalue weighted by Gasteiger charge is -1.96. The van der Waals surface area contributed by atoms with Crippen LogP contribution in [0.3, 0.4) is 0 Å². The molecule has 0 bridgehead atoms. The minimum atomic E-state index is 0.695. The zero-order valence-corrected chi connectivity index (χ0v) is 7.08. The third-order valence-electron chi connectivity index (χ3n) is 2.04. The van der Waals surface area contributed by atoms with Gasteiger partial charge >= 0.3 is 0 Å². The first kappa shape index (κ1) is 7.50. The van der Waals surface area contributed by atoms with Crippen molar-refractivity contribution in [3.05, 3.63) is 34.8 Å². The van der Waals surface area contributed by atoms with Gasteiger partial charge in [0.05, 0.1) is 18.5 Å². The van der Waals surface area contributed by atoms with E-state index in [-0.39, 0.29) is 0 Å². The average molecular weight is 161 g/mol. The van der Waals surface area contributed by atoms with E-state index in [2.05, 4.69) is 11.1 Å². The van der Waals surface area contributed by atoms with Gasteiger partial charge in [0, 0.05) is 12.3 Å². The van der Waals surface area contributed by atoms with Crippen molar-refractivity contribution in [2.75, 3.05) is 20.3 Å². The lowest BCUT2D eigenvalue weighted by Crippen LogP contribution is -2.23. The fourth-order valence-electron chi connectivity index (χ4n) is 1.47. The van der Waals surface area contributed by atoms with Crippen LogP contribution in [-0.4, -0.2) is 20.3 Å². The predicted octanol–water partition coefficient (Wildman–Crippen LogP) is 0.117. The van der Waals surface area contributed by atoms with E-state index < -0.39 is 0 Å². The second-order valence-corrected chi connectivity index (χ2v) is 2.87. The maximum atomic E-state index is 5.09. The first-order chi connectivity index (χ1) is 5.92. The monoisotopic (exact) mass is 161 g/mol. The Morgan fingerprint density at radius 2 is 2.25 bits per heavy atom. The zero-order valence-electron chi connectivity index (χ0n) is 7.08. The first-order valence-electron chi connectivity index (χ1n) is 4.02. The van der Waals surface area contributed by atoms with Crippen molar-refractivity contribution in [2.45, 2.75) is 0 Å². The summed E-state index contributed by atoms with van der Waals surface area (Å²) in [6, 6.07) is 8.19. The fraction of sp³-hybridized carbons (Fsp3) is 0.300. The van der Waals surface area contributed by atoms with E-state index in [1.54, 1.807) is 7.11 Å². The molecule has 2 rings (SSSR count). The largest absolute Gasteiger partial charge is 0.380 e. The Morgan fingerprint density at radius 1 is 1.42 bits per heavy atom. The topological polar surface area (TPSA) is 21.6 Å². The molecule has 1 aromatic rings. The molecule has 0 aromatic heterocycles. The van der Waals surface area contributed by atoms with Gasteiger partial charge in [0.15, 0.2) is 0 Å². The van der Waals surface area contributed by atoms with Gasteiger partial charge in [-0.3, -0.25) is 4.99 Å². The Kier molecular flexibility index (Phi) is 1.92. The Balaban J connectivity index is 2.58. The molecule has 0 unspecified atom stereocenters. The van der Waals surface area contributed by atoms with E-state index >= 15 is 0 Å². The number of nitrogens with zero attached hydrogens (tertiary/aromatic N) is 1. The summed E-state index contributed by atoms with van der Waals surface area (Å²) in [4.78, 5) is 4.38. The molecule has 0 saturated heterocycles. The molecular formula is C10H11NO. The van der Waals surface area contributed by atoms with E-state index in [4.69, 9.17) is 4.74 Å². The van der Waals surface area contributed by atoms with Gasteiger partial charge in [-0.2, -0.15) is 0 Å². The molecule has 0 radical (unpaired) electrons. The van der Waals surface area contributed by atoms with Gasteiger partial charge in [-0.1, -0.05) is 18.2 Å². The number of hydrogen-bond donors (Lipinski definition) is 0. The number of benzene rings is 1. The molecule has 0 fully saturated rings. The summed E-state index contributed by atoms with van der Waals surface area (Å²) in [5.74, 6) is 0. The molecule has 12 heavy (non-hydrogen) atoms. The summed E-state index contributed by atoms with van der Waals surface area (Å²) in [7, 11) is 1.72. The number of hydrogen-bond acceptors (Lipinski definition) is 2. The van der Waals surface area contributed by atoms with Crippen LogP contribution in [0.4, 0.5) is 0 Å². The molecule has 0 spiro atoms. The number of fused-ring (bicyclic) bond motifs is 1. The van der Waals surface area contributed by atoms with Crippen LogP contribution in [0.15, 0.2) is 29.3 Å². The van der Waals surface area contributed by atoms with Gasteiger partial charge in [-0.05, 0) is 11.6 Å². The molecular weight excluding hydrogens is 150 g/mol. The van der Waals surface area contributed by atoms with Crippen molar-refractivity contribution >= 4 is 5.57 Å². The molecule has 1 aromatic carbocycles. The molecule has 1 aliphatic rings. The van der Waals surface area contributed by atoms with Crippen molar-refractivity contribution in [2.24, 2.45) is 4.99 Å². The van der Waals surface area contributed by atoms with Crippen LogP contribution in [0.25, 0.3) is 5.57 Å². The molecule has 2 nitrogen and oxygen atoms in total. The normalized spacial score (nSPS) is 14.2. The molecule has 0 aliphatic carbocycles. The molecule has 1 aliphatic heterocycles. The van der Waals surface area contributed by atoms with Crippen LogP contribution in [0.5, 0.6) is 0 Å². The van der Waals surface area contributed by atoms with Gasteiger partial charge < -0.3 is 4.74 Å². The van der Waals surface area contributed by atoms with Crippen molar-refractivity contribution in [1.82, 2.24) is 0 Å². The summed E-state index contributed by atoms with van der Waals surface area (Å²) in [5.41, 5.74) is 1.29. The number of methoxy groups -OCH3 is 1. The van der Waals surface area contributed by atoms with Crippen molar-refractivity contribution in [1.29, 1.82) is 0 Å². The van der Waals surface area contributed by atoms with Gasteiger partial charge in [-0.25, -0.2) is 0 Å². The van der Waals surface area contributed by atoms with E-state index in [1.165, 1.54) is 10.8 Å². The maximum absolute atomic E-state index is 5.09. The Hall–Kier alpha value is -1.15. The average Bonchev–Trinajstić information content (AvgIpc) is 2.50. The van der Waals surface area contributed by atoms with E-state index in [9.17, 15) is 0 Å². The number of ether oxygens (including phenoxy) is 1. The Bertz CT molecular complexity index is 395. The smallest absolute Gasteiger partial charge is 0.0700 e. The van der Waals surface area contributed by atoms with Crippen LogP contribution in [-0.2, 0) is 4.74 Å². The summed E-state index contributed by atoms with van der Waals surface area (Å²) in [6.07, 6.45) is 0. The molecule has 0 N–H and O–H groups in total.